The molecule has 0 bridgehead atoms. The SMILES string of the molecule is CC(C)(C)OC(=O)N1CCC(COc2ccc3c(NCCc4ccc([N+](=O)[O-])cc4)ncnc3c2)CC1. The van der Waals surface area contributed by atoms with Crippen molar-refractivity contribution in [2.45, 2.75) is 45.6 Å². The highest BCUT2D eigenvalue weighted by Gasteiger charge is 2.27. The van der Waals surface area contributed by atoms with Crippen molar-refractivity contribution < 1.29 is 19.2 Å². The van der Waals surface area contributed by atoms with Gasteiger partial charge in [0.15, 0.2) is 0 Å². The van der Waals surface area contributed by atoms with Gasteiger partial charge in [-0.25, -0.2) is 14.8 Å². The molecule has 1 saturated heterocycles. The van der Waals surface area contributed by atoms with Crippen molar-refractivity contribution in [3.63, 3.8) is 0 Å². The predicted octanol–water partition coefficient (Wildman–Crippen LogP) is 5.22. The van der Waals surface area contributed by atoms with Crippen LogP contribution in [-0.4, -0.2) is 57.7 Å². The highest BCUT2D eigenvalue weighted by Crippen LogP contribution is 2.26. The van der Waals surface area contributed by atoms with E-state index in [-0.39, 0.29) is 11.8 Å². The van der Waals surface area contributed by atoms with Gasteiger partial charge in [0.05, 0.1) is 17.0 Å². The van der Waals surface area contributed by atoms with Crippen LogP contribution in [0.3, 0.4) is 0 Å². The van der Waals surface area contributed by atoms with Gasteiger partial charge >= 0.3 is 6.09 Å². The molecule has 37 heavy (non-hydrogen) atoms. The van der Waals surface area contributed by atoms with E-state index >= 15 is 0 Å². The number of benzene rings is 2. The number of piperidine rings is 1. The second kappa shape index (κ2) is 11.4. The number of hydrogen-bond donors (Lipinski definition) is 1. The van der Waals surface area contributed by atoms with E-state index in [2.05, 4.69) is 15.3 Å². The van der Waals surface area contributed by atoms with Gasteiger partial charge in [0.25, 0.3) is 5.69 Å². The lowest BCUT2D eigenvalue weighted by molar-refractivity contribution is -0.384. The van der Waals surface area contributed by atoms with Crippen molar-refractivity contribution in [2.24, 2.45) is 5.92 Å². The quantitative estimate of drug-likeness (QED) is 0.326. The Labute approximate surface area is 216 Å². The number of nitrogens with one attached hydrogen (secondary N) is 1. The number of nitrogens with zero attached hydrogens (tertiary/aromatic N) is 4. The van der Waals surface area contributed by atoms with Crippen molar-refractivity contribution in [1.82, 2.24) is 14.9 Å². The van der Waals surface area contributed by atoms with Crippen LogP contribution in [0.1, 0.15) is 39.2 Å². The normalized spacial score (nSPS) is 14.4. The molecule has 0 radical (unpaired) electrons. The molecule has 196 valence electrons. The molecular formula is C27H33N5O5. The fraction of sp³-hybridized carbons (Fsp3) is 0.444. The summed E-state index contributed by atoms with van der Waals surface area (Å²) in [5, 5.41) is 15.0. The summed E-state index contributed by atoms with van der Waals surface area (Å²) in [6.07, 6.45) is 3.72. The standard InChI is InChI=1S/C27H33N5O5/c1-27(2,3)37-26(33)31-14-11-20(12-15-31)17-36-22-8-9-23-24(16-22)29-18-30-25(23)28-13-10-19-4-6-21(7-5-19)32(34)35/h4-9,16,18,20H,10-15,17H2,1-3H3,(H,28,29,30). The Morgan fingerprint density at radius 3 is 2.54 bits per heavy atom. The number of carbonyl (C=O) groups excluding carboxylic acids is 1. The molecule has 1 N–H and O–H groups in total. The summed E-state index contributed by atoms with van der Waals surface area (Å²) >= 11 is 0. The van der Waals surface area contributed by atoms with Gasteiger partial charge in [-0.1, -0.05) is 12.1 Å². The topological polar surface area (TPSA) is 120 Å². The highest BCUT2D eigenvalue weighted by molar-refractivity contribution is 5.89. The molecule has 0 saturated carbocycles. The molecule has 0 atom stereocenters. The summed E-state index contributed by atoms with van der Waals surface area (Å²) in [5.74, 6) is 1.85. The fourth-order valence-electron chi connectivity index (χ4n) is 4.20. The lowest BCUT2D eigenvalue weighted by Crippen LogP contribution is -2.42. The molecule has 2 heterocycles. The van der Waals surface area contributed by atoms with E-state index in [0.717, 1.165) is 40.9 Å². The van der Waals surface area contributed by atoms with E-state index in [9.17, 15) is 14.9 Å². The lowest BCUT2D eigenvalue weighted by Gasteiger charge is -2.33. The van der Waals surface area contributed by atoms with E-state index in [1.54, 1.807) is 17.0 Å². The molecule has 1 aliphatic rings. The number of non-ortho nitro benzene ring substituents is 1. The first-order valence-corrected chi connectivity index (χ1v) is 12.5. The minimum Gasteiger partial charge on any atom is -0.493 e. The van der Waals surface area contributed by atoms with Gasteiger partial charge in [-0.05, 0) is 63.6 Å². The number of anilines is 1. The number of aromatic nitrogens is 2. The van der Waals surface area contributed by atoms with Gasteiger partial charge in [-0.15, -0.1) is 0 Å². The lowest BCUT2D eigenvalue weighted by atomic mass is 9.98. The van der Waals surface area contributed by atoms with Gasteiger partial charge < -0.3 is 19.7 Å². The van der Waals surface area contributed by atoms with Crippen molar-refractivity contribution in [2.75, 3.05) is 31.6 Å². The molecule has 1 fully saturated rings. The Morgan fingerprint density at radius 1 is 1.14 bits per heavy atom. The highest BCUT2D eigenvalue weighted by atomic mass is 16.6. The molecule has 0 aliphatic carbocycles. The molecule has 1 aliphatic heterocycles. The van der Waals surface area contributed by atoms with E-state index in [0.29, 0.717) is 38.6 Å². The number of hydrogen-bond acceptors (Lipinski definition) is 8. The number of likely N-dealkylation sites (tertiary alicyclic amines) is 1. The number of carbonyl (C=O) groups is 1. The Hall–Kier alpha value is -3.95. The van der Waals surface area contributed by atoms with Crippen molar-refractivity contribution in [1.29, 1.82) is 0 Å². The molecule has 1 amide bonds. The van der Waals surface area contributed by atoms with Gasteiger partial charge in [-0.2, -0.15) is 0 Å². The average molecular weight is 508 g/mol. The van der Waals surface area contributed by atoms with Gasteiger partial charge in [0.1, 0.15) is 23.5 Å². The van der Waals surface area contributed by atoms with Gasteiger partial charge in [0.2, 0.25) is 0 Å². The Bertz CT molecular complexity index is 1230. The number of ether oxygens (including phenoxy) is 2. The maximum Gasteiger partial charge on any atom is 0.410 e. The van der Waals surface area contributed by atoms with E-state index < -0.39 is 10.5 Å². The van der Waals surface area contributed by atoms with Gasteiger partial charge in [0, 0.05) is 43.2 Å². The monoisotopic (exact) mass is 507 g/mol. The van der Waals surface area contributed by atoms with Crippen LogP contribution in [0.4, 0.5) is 16.3 Å². The molecule has 10 heteroatoms. The summed E-state index contributed by atoms with van der Waals surface area (Å²) in [4.78, 5) is 33.2. The van der Waals surface area contributed by atoms with E-state index in [4.69, 9.17) is 9.47 Å². The van der Waals surface area contributed by atoms with Gasteiger partial charge in [-0.3, -0.25) is 10.1 Å². The third-order valence-electron chi connectivity index (χ3n) is 6.21. The van der Waals surface area contributed by atoms with Crippen LogP contribution in [0.2, 0.25) is 0 Å². The molecule has 0 unspecified atom stereocenters. The third-order valence-corrected chi connectivity index (χ3v) is 6.21. The van der Waals surface area contributed by atoms with E-state index in [1.165, 1.54) is 18.5 Å². The third kappa shape index (κ3) is 7.28. The second-order valence-corrected chi connectivity index (χ2v) is 10.2. The zero-order valence-electron chi connectivity index (χ0n) is 21.5. The minimum atomic E-state index is -0.487. The number of amides is 1. The summed E-state index contributed by atoms with van der Waals surface area (Å²) in [7, 11) is 0. The Balaban J connectivity index is 1.27. The van der Waals surface area contributed by atoms with Crippen LogP contribution in [0.15, 0.2) is 48.8 Å². The van der Waals surface area contributed by atoms with Crippen LogP contribution in [-0.2, 0) is 11.2 Å². The maximum absolute atomic E-state index is 12.3. The zero-order chi connectivity index (χ0) is 26.4. The van der Waals surface area contributed by atoms with Crippen molar-refractivity contribution in [3.05, 3.63) is 64.5 Å². The predicted molar refractivity (Wildman–Crippen MR) is 141 cm³/mol. The maximum atomic E-state index is 12.3. The first kappa shape index (κ1) is 26.1. The first-order valence-electron chi connectivity index (χ1n) is 12.5. The number of nitro groups is 1. The summed E-state index contributed by atoms with van der Waals surface area (Å²) < 4.78 is 11.5. The average Bonchev–Trinajstić information content (AvgIpc) is 2.87. The number of fused-ring (bicyclic) bond motifs is 1. The Morgan fingerprint density at radius 2 is 1.86 bits per heavy atom. The van der Waals surface area contributed by atoms with Crippen LogP contribution in [0.25, 0.3) is 10.9 Å². The Kier molecular flexibility index (Phi) is 8.05. The minimum absolute atomic E-state index is 0.0859. The summed E-state index contributed by atoms with van der Waals surface area (Å²) in [6, 6.07) is 12.3. The fourth-order valence-corrected chi connectivity index (χ4v) is 4.20. The molecule has 4 rings (SSSR count). The zero-order valence-corrected chi connectivity index (χ0v) is 21.5. The van der Waals surface area contributed by atoms with Crippen LogP contribution < -0.4 is 10.1 Å². The second-order valence-electron chi connectivity index (χ2n) is 10.2. The van der Waals surface area contributed by atoms with Crippen LogP contribution >= 0.6 is 0 Å². The smallest absolute Gasteiger partial charge is 0.410 e. The largest absolute Gasteiger partial charge is 0.493 e. The summed E-state index contributed by atoms with van der Waals surface area (Å²) in [5.41, 5.74) is 1.39. The number of rotatable bonds is 8. The summed E-state index contributed by atoms with van der Waals surface area (Å²) in [6.45, 7) is 8.18. The molecule has 10 nitrogen and oxygen atoms in total. The molecule has 1 aromatic heterocycles. The number of nitro benzene ring substituents is 1. The van der Waals surface area contributed by atoms with Crippen LogP contribution in [0.5, 0.6) is 5.75 Å². The molecule has 2 aromatic carbocycles. The molecule has 0 spiro atoms. The molecular weight excluding hydrogens is 474 g/mol. The molecule has 3 aromatic rings. The van der Waals surface area contributed by atoms with Crippen molar-refractivity contribution in [3.8, 4) is 5.75 Å². The van der Waals surface area contributed by atoms with Crippen LogP contribution in [0, 0.1) is 16.0 Å². The van der Waals surface area contributed by atoms with E-state index in [1.807, 2.05) is 39.0 Å². The van der Waals surface area contributed by atoms with Crippen molar-refractivity contribution >= 4 is 28.5 Å². The first-order chi connectivity index (χ1) is 17.7.